The second-order valence-corrected chi connectivity index (χ2v) is 9.62. The van der Waals surface area contributed by atoms with Crippen LogP contribution in [0.25, 0.3) is 10.2 Å². The Hall–Kier alpha value is -2.05. The van der Waals surface area contributed by atoms with Crippen molar-refractivity contribution in [3.05, 3.63) is 53.6 Å². The molecule has 1 aromatic heterocycles. The molecule has 0 radical (unpaired) electrons. The van der Waals surface area contributed by atoms with Gasteiger partial charge in [0, 0.05) is 31.1 Å². The molecule has 1 aliphatic rings. The second kappa shape index (κ2) is 9.18. The van der Waals surface area contributed by atoms with E-state index in [1.807, 2.05) is 16.7 Å². The Kier molecular flexibility index (Phi) is 6.40. The Bertz CT molecular complexity index is 975. The molecule has 1 amide bonds. The third-order valence-corrected chi connectivity index (χ3v) is 7.32. The van der Waals surface area contributed by atoms with Crippen LogP contribution in [0.15, 0.2) is 47.4 Å². The first-order valence-electron chi connectivity index (χ1n) is 10.3. The van der Waals surface area contributed by atoms with Crippen LogP contribution in [0.4, 0.5) is 5.13 Å². The van der Waals surface area contributed by atoms with Crippen molar-refractivity contribution in [3.8, 4) is 0 Å². The first-order valence-corrected chi connectivity index (χ1v) is 12.1. The predicted molar refractivity (Wildman–Crippen MR) is 124 cm³/mol. The minimum atomic E-state index is 0.220. The number of thioether (sulfide) groups is 1. The van der Waals surface area contributed by atoms with Crippen molar-refractivity contribution in [3.63, 3.8) is 0 Å². The van der Waals surface area contributed by atoms with E-state index in [1.54, 1.807) is 11.3 Å². The highest BCUT2D eigenvalue weighted by atomic mass is 32.2. The van der Waals surface area contributed by atoms with Gasteiger partial charge in [-0.25, -0.2) is 4.98 Å². The van der Waals surface area contributed by atoms with E-state index in [9.17, 15) is 4.79 Å². The summed E-state index contributed by atoms with van der Waals surface area (Å²) in [5.74, 6) is 1.29. The van der Waals surface area contributed by atoms with Crippen LogP contribution < -0.4 is 4.90 Å². The molecule has 0 unspecified atom stereocenters. The van der Waals surface area contributed by atoms with Gasteiger partial charge in [0.1, 0.15) is 0 Å². The van der Waals surface area contributed by atoms with Gasteiger partial charge in [0.25, 0.3) is 0 Å². The van der Waals surface area contributed by atoms with E-state index in [1.165, 1.54) is 15.2 Å². The van der Waals surface area contributed by atoms with Crippen LogP contribution in [0, 0.1) is 0 Å². The largest absolute Gasteiger partial charge is 0.345 e. The zero-order valence-electron chi connectivity index (χ0n) is 17.1. The summed E-state index contributed by atoms with van der Waals surface area (Å²) < 4.78 is 1.25. The Morgan fingerprint density at radius 2 is 1.76 bits per heavy atom. The molecule has 29 heavy (non-hydrogen) atoms. The van der Waals surface area contributed by atoms with Crippen LogP contribution in [-0.2, 0) is 17.6 Å². The number of rotatable bonds is 6. The molecule has 0 saturated carbocycles. The van der Waals surface area contributed by atoms with Crippen LogP contribution in [0.2, 0.25) is 0 Å². The summed E-state index contributed by atoms with van der Waals surface area (Å²) >= 11 is 3.59. The molecule has 4 nitrogen and oxygen atoms in total. The van der Waals surface area contributed by atoms with Crippen LogP contribution in [0.1, 0.15) is 25.0 Å². The van der Waals surface area contributed by atoms with Crippen molar-refractivity contribution in [1.29, 1.82) is 0 Å². The maximum atomic E-state index is 12.7. The van der Waals surface area contributed by atoms with Crippen molar-refractivity contribution in [2.75, 3.05) is 36.8 Å². The normalized spacial score (nSPS) is 14.6. The first kappa shape index (κ1) is 20.2. The van der Waals surface area contributed by atoms with Crippen LogP contribution in [-0.4, -0.2) is 47.7 Å². The van der Waals surface area contributed by atoms with E-state index in [0.717, 1.165) is 54.6 Å². The molecule has 0 bridgehead atoms. The minimum absolute atomic E-state index is 0.220. The maximum Gasteiger partial charge on any atom is 0.227 e. The van der Waals surface area contributed by atoms with E-state index >= 15 is 0 Å². The number of hydrogen-bond acceptors (Lipinski definition) is 5. The second-order valence-electron chi connectivity index (χ2n) is 7.27. The Morgan fingerprint density at radius 1 is 1.03 bits per heavy atom. The summed E-state index contributed by atoms with van der Waals surface area (Å²) in [5, 5.41) is 1.07. The van der Waals surface area contributed by atoms with Gasteiger partial charge in [-0.05, 0) is 47.6 Å². The van der Waals surface area contributed by atoms with Crippen molar-refractivity contribution in [2.45, 2.75) is 31.6 Å². The third kappa shape index (κ3) is 4.75. The number of benzene rings is 2. The molecule has 6 heteroatoms. The molecule has 0 aliphatic carbocycles. The number of hydrogen-bond donors (Lipinski definition) is 0. The van der Waals surface area contributed by atoms with Gasteiger partial charge in [-0.15, -0.1) is 11.8 Å². The number of thiazole rings is 1. The van der Waals surface area contributed by atoms with E-state index in [0.29, 0.717) is 6.42 Å². The SMILES string of the molecule is CCSc1ccc(CC(=O)N2CCN(c3nc4ccc(CC)cc4s3)CC2)cc1. The lowest BCUT2D eigenvalue weighted by Crippen LogP contribution is -2.49. The standard InChI is InChI=1S/C23H27N3OS2/c1-3-17-7-10-20-21(15-17)29-23(24-20)26-13-11-25(12-14-26)22(27)16-18-5-8-19(9-6-18)28-4-2/h5-10,15H,3-4,11-14,16H2,1-2H3. The quantitative estimate of drug-likeness (QED) is 0.529. The number of carbonyl (C=O) groups excluding carboxylic acids is 1. The van der Waals surface area contributed by atoms with Gasteiger partial charge in [-0.3, -0.25) is 4.79 Å². The average molecular weight is 426 g/mol. The number of anilines is 1. The van der Waals surface area contributed by atoms with Gasteiger partial charge in [0.15, 0.2) is 5.13 Å². The van der Waals surface area contributed by atoms with E-state index < -0.39 is 0 Å². The van der Waals surface area contributed by atoms with Gasteiger partial charge >= 0.3 is 0 Å². The number of amides is 1. The summed E-state index contributed by atoms with van der Waals surface area (Å²) in [7, 11) is 0. The van der Waals surface area contributed by atoms with E-state index in [-0.39, 0.29) is 5.91 Å². The number of aromatic nitrogens is 1. The third-order valence-electron chi connectivity index (χ3n) is 5.34. The maximum absolute atomic E-state index is 12.7. The molecule has 0 N–H and O–H groups in total. The lowest BCUT2D eigenvalue weighted by molar-refractivity contribution is -0.130. The number of carbonyl (C=O) groups is 1. The fraction of sp³-hybridized carbons (Fsp3) is 0.391. The monoisotopic (exact) mass is 425 g/mol. The number of piperazine rings is 1. The topological polar surface area (TPSA) is 36.4 Å². The number of aryl methyl sites for hydroxylation is 1. The highest BCUT2D eigenvalue weighted by molar-refractivity contribution is 7.99. The predicted octanol–water partition coefficient (Wildman–Crippen LogP) is 4.86. The van der Waals surface area contributed by atoms with Crippen molar-refractivity contribution in [2.24, 2.45) is 0 Å². The number of nitrogens with zero attached hydrogens (tertiary/aromatic N) is 3. The lowest BCUT2D eigenvalue weighted by atomic mass is 10.1. The molecular formula is C23H27N3OS2. The summed E-state index contributed by atoms with van der Waals surface area (Å²) in [6.07, 6.45) is 1.53. The molecule has 2 aromatic carbocycles. The first-order chi connectivity index (χ1) is 14.2. The van der Waals surface area contributed by atoms with Crippen LogP contribution in [0.3, 0.4) is 0 Å². The molecule has 2 heterocycles. The Morgan fingerprint density at radius 3 is 2.45 bits per heavy atom. The minimum Gasteiger partial charge on any atom is -0.345 e. The molecule has 1 fully saturated rings. The molecule has 1 saturated heterocycles. The smallest absolute Gasteiger partial charge is 0.227 e. The lowest BCUT2D eigenvalue weighted by Gasteiger charge is -2.34. The zero-order chi connectivity index (χ0) is 20.2. The van der Waals surface area contributed by atoms with Gasteiger partial charge in [0.05, 0.1) is 16.6 Å². The zero-order valence-corrected chi connectivity index (χ0v) is 18.7. The Balaban J connectivity index is 1.34. The summed E-state index contributed by atoms with van der Waals surface area (Å²) in [5.41, 5.74) is 3.52. The molecule has 152 valence electrons. The van der Waals surface area contributed by atoms with E-state index in [4.69, 9.17) is 4.98 Å². The fourth-order valence-electron chi connectivity index (χ4n) is 3.62. The summed E-state index contributed by atoms with van der Waals surface area (Å²) in [6.45, 7) is 7.55. The van der Waals surface area contributed by atoms with Gasteiger partial charge in [-0.1, -0.05) is 43.4 Å². The van der Waals surface area contributed by atoms with Crippen molar-refractivity contribution >= 4 is 44.4 Å². The van der Waals surface area contributed by atoms with Gasteiger partial charge < -0.3 is 9.80 Å². The molecule has 0 atom stereocenters. The van der Waals surface area contributed by atoms with Crippen LogP contribution in [0.5, 0.6) is 0 Å². The molecule has 0 spiro atoms. The van der Waals surface area contributed by atoms with Crippen molar-refractivity contribution in [1.82, 2.24) is 9.88 Å². The molecule has 1 aliphatic heterocycles. The summed E-state index contributed by atoms with van der Waals surface area (Å²) in [6, 6.07) is 14.9. The van der Waals surface area contributed by atoms with E-state index in [2.05, 4.69) is 61.2 Å². The van der Waals surface area contributed by atoms with Gasteiger partial charge in [0.2, 0.25) is 5.91 Å². The molecule has 3 aromatic rings. The summed E-state index contributed by atoms with van der Waals surface area (Å²) in [4.78, 5) is 23.1. The van der Waals surface area contributed by atoms with Crippen molar-refractivity contribution < 1.29 is 4.79 Å². The highest BCUT2D eigenvalue weighted by Crippen LogP contribution is 2.30. The van der Waals surface area contributed by atoms with Crippen LogP contribution >= 0.6 is 23.1 Å². The highest BCUT2D eigenvalue weighted by Gasteiger charge is 2.23. The van der Waals surface area contributed by atoms with Gasteiger partial charge in [-0.2, -0.15) is 0 Å². The fourth-order valence-corrected chi connectivity index (χ4v) is 5.36. The molecular weight excluding hydrogens is 398 g/mol. The average Bonchev–Trinajstić information content (AvgIpc) is 3.18. The molecule has 4 rings (SSSR count). The Labute approximate surface area is 180 Å². The number of fused-ring (bicyclic) bond motifs is 1.